The molecule has 4 saturated carbocycles. The first-order valence-electron chi connectivity index (χ1n) is 23.7. The molecule has 7 aliphatic rings. The van der Waals surface area contributed by atoms with Crippen LogP contribution in [0, 0.1) is 56.7 Å². The van der Waals surface area contributed by atoms with Crippen LogP contribution in [0.15, 0.2) is 41.6 Å². The largest absolute Gasteiger partial charge is 0.476 e. The maximum Gasteiger partial charge on any atom is 0.315 e. The first kappa shape index (κ1) is 43.4. The van der Waals surface area contributed by atoms with E-state index in [4.69, 9.17) is 9.47 Å². The summed E-state index contributed by atoms with van der Waals surface area (Å²) in [6, 6.07) is 0. The fraction of sp³-hybridized carbons (Fsp3) is 0.816. The quantitative estimate of drug-likeness (QED) is 0.160. The van der Waals surface area contributed by atoms with Crippen molar-refractivity contribution >= 4 is 15.8 Å². The summed E-state index contributed by atoms with van der Waals surface area (Å²) in [5.74, 6) is 4.40. The maximum absolute atomic E-state index is 13.6. The topological polar surface area (TPSA) is 106 Å². The molecular formula is C49H78N4O5S. The summed E-state index contributed by atoms with van der Waals surface area (Å²) in [4.78, 5) is 15.9. The molecule has 1 aliphatic heterocycles. The Balaban J connectivity index is 1.01. The second-order valence-electron chi connectivity index (χ2n) is 21.9. The number of nitrogens with one attached hydrogen (secondary N) is 2. The Morgan fingerprint density at radius 1 is 0.932 bits per heavy atom. The molecule has 5 fully saturated rings. The molecule has 59 heavy (non-hydrogen) atoms. The van der Waals surface area contributed by atoms with E-state index in [1.165, 1.54) is 68.1 Å². The van der Waals surface area contributed by atoms with Crippen molar-refractivity contribution in [2.45, 2.75) is 145 Å². The number of allylic oxidation sites excluding steroid dienone is 5. The fourth-order valence-electron chi connectivity index (χ4n) is 15.6. The van der Waals surface area contributed by atoms with Crippen LogP contribution in [0.5, 0.6) is 5.88 Å². The minimum absolute atomic E-state index is 0.0447. The Hall–Kier alpha value is -2.30. The average molecular weight is 835 g/mol. The number of aryl methyl sites for hydroxylation is 1. The van der Waals surface area contributed by atoms with E-state index >= 15 is 0 Å². The Kier molecular flexibility index (Phi) is 11.4. The average Bonchev–Trinajstić information content (AvgIpc) is 3.56. The number of ether oxygens (including phenoxy) is 2. The van der Waals surface area contributed by atoms with Gasteiger partial charge in [0.05, 0.1) is 24.3 Å². The van der Waals surface area contributed by atoms with Gasteiger partial charge in [0.2, 0.25) is 5.88 Å². The van der Waals surface area contributed by atoms with Crippen LogP contribution in [0.3, 0.4) is 0 Å². The van der Waals surface area contributed by atoms with Gasteiger partial charge in [-0.15, -0.1) is 0 Å². The zero-order valence-corrected chi connectivity index (χ0v) is 38.8. The number of carbonyl (C=O) groups is 1. The van der Waals surface area contributed by atoms with Crippen molar-refractivity contribution < 1.29 is 22.7 Å². The van der Waals surface area contributed by atoms with Crippen LogP contribution in [-0.4, -0.2) is 85.5 Å². The molecule has 0 bridgehead atoms. The van der Waals surface area contributed by atoms with E-state index in [1.807, 2.05) is 17.8 Å². The number of hydrogen-bond donors (Lipinski definition) is 2. The van der Waals surface area contributed by atoms with Gasteiger partial charge in [-0.25, -0.2) is 8.42 Å². The highest BCUT2D eigenvalue weighted by atomic mass is 32.2. The summed E-state index contributed by atoms with van der Waals surface area (Å²) in [6.45, 7) is 28.9. The molecule has 10 atom stereocenters. The number of sulfone groups is 1. The summed E-state index contributed by atoms with van der Waals surface area (Å²) in [6.07, 6.45) is 20.5. The van der Waals surface area contributed by atoms with Gasteiger partial charge < -0.3 is 19.7 Å². The molecule has 1 aromatic rings. The molecule has 0 aromatic carbocycles. The Morgan fingerprint density at radius 2 is 1.69 bits per heavy atom. The molecule has 1 saturated heterocycles. The van der Waals surface area contributed by atoms with E-state index in [0.717, 1.165) is 44.8 Å². The van der Waals surface area contributed by atoms with Gasteiger partial charge in [0.1, 0.15) is 12.0 Å². The second kappa shape index (κ2) is 15.5. The van der Waals surface area contributed by atoms with E-state index in [0.29, 0.717) is 73.8 Å². The van der Waals surface area contributed by atoms with Gasteiger partial charge in [-0.05, 0) is 160 Å². The number of nitrogens with zero attached hydrogens (tertiary/aromatic N) is 2. The van der Waals surface area contributed by atoms with Crippen LogP contribution >= 0.6 is 0 Å². The van der Waals surface area contributed by atoms with Crippen molar-refractivity contribution in [2.24, 2.45) is 56.7 Å². The maximum atomic E-state index is 13.6. The zero-order valence-electron chi connectivity index (χ0n) is 38.0. The molecule has 8 rings (SSSR count). The molecule has 6 aliphatic carbocycles. The first-order valence-corrected chi connectivity index (χ1v) is 25.5. The van der Waals surface area contributed by atoms with Crippen molar-refractivity contribution in [1.82, 2.24) is 20.0 Å². The summed E-state index contributed by atoms with van der Waals surface area (Å²) in [7, 11) is -2.87. The SMILES string of the molecule is C=C(C)[C@@H]1CC[C@]2(NCCN3CCS(=O)(=O)CC3)CC[C@]3(C)C(CCC4[C@@]5(C)CC=C(C6=CCC(COc7c[nH]n7CC)(C(=O)OCC)CC6)C(C)(C)C5CC[C@]43C)C12. The number of rotatable bonds is 12. The van der Waals surface area contributed by atoms with Crippen molar-refractivity contribution in [1.29, 1.82) is 0 Å². The molecule has 5 unspecified atom stereocenters. The highest BCUT2D eigenvalue weighted by molar-refractivity contribution is 7.91. The first-order chi connectivity index (χ1) is 27.9. The summed E-state index contributed by atoms with van der Waals surface area (Å²) in [5, 5.41) is 7.38. The predicted octanol–water partition coefficient (Wildman–Crippen LogP) is 9.14. The zero-order chi connectivity index (χ0) is 42.2. The minimum atomic E-state index is -2.87. The van der Waals surface area contributed by atoms with Crippen molar-refractivity contribution in [2.75, 3.05) is 50.9 Å². The number of fused-ring (bicyclic) bond motifs is 7. The Morgan fingerprint density at radius 3 is 2.34 bits per heavy atom. The molecule has 330 valence electrons. The molecule has 10 heteroatoms. The highest BCUT2D eigenvalue weighted by Crippen LogP contribution is 2.76. The third-order valence-corrected chi connectivity index (χ3v) is 20.7. The van der Waals surface area contributed by atoms with E-state index in [1.54, 1.807) is 0 Å². The summed E-state index contributed by atoms with van der Waals surface area (Å²) in [5.41, 5.74) is 4.65. The second-order valence-corrected chi connectivity index (χ2v) is 24.2. The van der Waals surface area contributed by atoms with Crippen molar-refractivity contribution in [3.63, 3.8) is 0 Å². The van der Waals surface area contributed by atoms with E-state index < -0.39 is 15.3 Å². The molecule has 2 heterocycles. The lowest BCUT2D eigenvalue weighted by Gasteiger charge is -2.72. The van der Waals surface area contributed by atoms with Gasteiger partial charge in [0.15, 0.2) is 9.84 Å². The number of carbonyl (C=O) groups excluding carboxylic acids is 1. The lowest BCUT2D eigenvalue weighted by molar-refractivity contribution is -0.221. The van der Waals surface area contributed by atoms with Crippen molar-refractivity contribution in [3.8, 4) is 5.88 Å². The highest BCUT2D eigenvalue weighted by Gasteiger charge is 2.70. The van der Waals surface area contributed by atoms with Gasteiger partial charge in [-0.3, -0.25) is 14.6 Å². The molecule has 2 N–H and O–H groups in total. The number of aromatic nitrogens is 2. The van der Waals surface area contributed by atoms with Gasteiger partial charge in [0, 0.05) is 38.3 Å². The van der Waals surface area contributed by atoms with Crippen molar-refractivity contribution in [3.05, 3.63) is 41.6 Å². The molecule has 0 amide bonds. The van der Waals surface area contributed by atoms with Gasteiger partial charge in [0.25, 0.3) is 0 Å². The van der Waals surface area contributed by atoms with E-state index in [-0.39, 0.29) is 33.2 Å². The fourth-order valence-corrected chi connectivity index (χ4v) is 16.9. The summed E-state index contributed by atoms with van der Waals surface area (Å²) < 4.78 is 38.1. The van der Waals surface area contributed by atoms with E-state index in [2.05, 4.69) is 82.5 Å². The molecule has 0 radical (unpaired) electrons. The van der Waals surface area contributed by atoms with Gasteiger partial charge in [-0.2, -0.15) is 0 Å². The number of hydrogen-bond acceptors (Lipinski definition) is 7. The third kappa shape index (κ3) is 6.98. The van der Waals surface area contributed by atoms with Crippen LogP contribution in [0.25, 0.3) is 0 Å². The number of H-pyrrole nitrogens is 1. The predicted molar refractivity (Wildman–Crippen MR) is 237 cm³/mol. The number of esters is 1. The molecule has 1 aromatic heterocycles. The van der Waals surface area contributed by atoms with Gasteiger partial charge >= 0.3 is 5.97 Å². The monoisotopic (exact) mass is 835 g/mol. The Labute approximate surface area is 356 Å². The third-order valence-electron chi connectivity index (χ3n) is 19.1. The smallest absolute Gasteiger partial charge is 0.315 e. The lowest BCUT2D eigenvalue weighted by Crippen LogP contribution is -2.68. The molecule has 9 nitrogen and oxygen atoms in total. The lowest BCUT2D eigenvalue weighted by atomic mass is 9.33. The van der Waals surface area contributed by atoms with Crippen LogP contribution in [0.1, 0.15) is 132 Å². The number of aromatic amines is 1. The van der Waals surface area contributed by atoms with Crippen LogP contribution in [0.4, 0.5) is 0 Å². The Bertz CT molecular complexity index is 1930. The summed E-state index contributed by atoms with van der Waals surface area (Å²) >= 11 is 0. The standard InChI is InChI=1S/C49H78N4O5S/c1-10-53-41(32-51-53)58-33-48(43(54)57-11-2)21-14-35(15-22-48)37-17-19-45(7)39(44(37,5)6)18-20-47(9)40(45)13-12-38-42-36(34(3)4)16-23-49(42,25-24-46(38,47)8)50-26-27-52-28-30-59(55,56)31-29-52/h14,17,32,36,38-40,42,50-51H,3,10-13,15-16,18-31,33H2,1-2,4-9H3/t36-,38?,39?,40?,42?,45-,46+,47+,48?,49-/m0/s1. The normalized spacial score (nSPS) is 41.4. The van der Waals surface area contributed by atoms with Crippen LogP contribution in [-0.2, 0) is 25.9 Å². The molecule has 0 spiro atoms. The minimum Gasteiger partial charge on any atom is -0.476 e. The van der Waals surface area contributed by atoms with Crippen LogP contribution < -0.4 is 10.1 Å². The van der Waals surface area contributed by atoms with E-state index in [9.17, 15) is 13.2 Å². The van der Waals surface area contributed by atoms with Crippen LogP contribution in [0.2, 0.25) is 0 Å². The van der Waals surface area contributed by atoms with Gasteiger partial charge in [-0.1, -0.05) is 58.9 Å². The molecular weight excluding hydrogens is 757 g/mol.